The summed E-state index contributed by atoms with van der Waals surface area (Å²) in [6.07, 6.45) is 2.47. The van der Waals surface area contributed by atoms with Crippen molar-refractivity contribution in [1.29, 1.82) is 0 Å². The number of hydrogen-bond acceptors (Lipinski definition) is 6. The van der Waals surface area contributed by atoms with Gasteiger partial charge in [0, 0.05) is 16.5 Å². The van der Waals surface area contributed by atoms with Gasteiger partial charge in [-0.3, -0.25) is 0 Å². The van der Waals surface area contributed by atoms with E-state index in [1.54, 1.807) is 19.1 Å². The maximum atomic E-state index is 13.5. The normalized spacial score (nSPS) is 12.2. The molecule has 0 saturated heterocycles. The van der Waals surface area contributed by atoms with Crippen molar-refractivity contribution in [3.63, 3.8) is 0 Å². The second-order valence-corrected chi connectivity index (χ2v) is 10.4. The summed E-state index contributed by atoms with van der Waals surface area (Å²) in [5.74, 6) is -2.12. The molecule has 0 saturated carbocycles. The number of furan rings is 1. The van der Waals surface area contributed by atoms with Gasteiger partial charge in [-0.05, 0) is 50.3 Å². The van der Waals surface area contributed by atoms with E-state index >= 15 is 0 Å². The van der Waals surface area contributed by atoms with E-state index in [1.165, 1.54) is 42.7 Å². The number of aromatic nitrogens is 1. The van der Waals surface area contributed by atoms with Crippen molar-refractivity contribution in [3.05, 3.63) is 81.4 Å². The van der Waals surface area contributed by atoms with Crippen LogP contribution in [0.4, 0.5) is 0 Å². The molecule has 0 spiro atoms. The maximum absolute atomic E-state index is 13.5. The monoisotopic (exact) mass is 547 g/mol. The van der Waals surface area contributed by atoms with Crippen LogP contribution in [-0.4, -0.2) is 37.1 Å². The molecule has 11 heteroatoms. The number of esters is 1. The Morgan fingerprint density at radius 3 is 2.44 bits per heavy atom. The first-order valence-electron chi connectivity index (χ1n) is 10.6. The predicted octanol–water partition coefficient (Wildman–Crippen LogP) is 6.01. The minimum Gasteiger partial charge on any atom is -0.478 e. The molecule has 4 aromatic rings. The van der Waals surface area contributed by atoms with E-state index in [0.717, 1.165) is 5.56 Å². The van der Waals surface area contributed by atoms with Crippen LogP contribution in [0.5, 0.6) is 0 Å². The molecule has 4 rings (SSSR count). The Balaban J connectivity index is 2.07. The van der Waals surface area contributed by atoms with Gasteiger partial charge in [0.1, 0.15) is 21.9 Å². The minimum absolute atomic E-state index is 0.0132. The van der Waals surface area contributed by atoms with Crippen LogP contribution in [0.15, 0.2) is 62.9 Å². The lowest BCUT2D eigenvalue weighted by molar-refractivity contribution is -0.130. The van der Waals surface area contributed by atoms with Gasteiger partial charge in [0.05, 0.1) is 27.8 Å². The zero-order valence-electron chi connectivity index (χ0n) is 19.0. The average molecular weight is 548 g/mol. The minimum atomic E-state index is -4.18. The predicted molar refractivity (Wildman–Crippen MR) is 135 cm³/mol. The molecule has 2 heterocycles. The fourth-order valence-corrected chi connectivity index (χ4v) is 6.25. The summed E-state index contributed by atoms with van der Waals surface area (Å²) < 4.78 is 37.4. The van der Waals surface area contributed by atoms with Crippen molar-refractivity contribution in [3.8, 4) is 0 Å². The van der Waals surface area contributed by atoms with E-state index < -0.39 is 21.8 Å². The second kappa shape index (κ2) is 9.85. The van der Waals surface area contributed by atoms with E-state index in [4.69, 9.17) is 32.4 Å². The van der Waals surface area contributed by atoms with Gasteiger partial charge in [-0.25, -0.2) is 18.0 Å². The molecule has 0 fully saturated rings. The van der Waals surface area contributed by atoms with Crippen LogP contribution in [-0.2, 0) is 19.4 Å². The Morgan fingerprint density at radius 2 is 1.86 bits per heavy atom. The summed E-state index contributed by atoms with van der Waals surface area (Å²) in [5, 5.41) is 9.44. The van der Waals surface area contributed by atoms with Gasteiger partial charge in [-0.2, -0.15) is 0 Å². The Hall–Kier alpha value is -3.53. The molecule has 0 radical (unpaired) electrons. The van der Waals surface area contributed by atoms with E-state index in [0.29, 0.717) is 0 Å². The zero-order chi connectivity index (χ0) is 26.2. The number of nitrogens with one attached hydrogen (secondary N) is 1. The summed E-state index contributed by atoms with van der Waals surface area (Å²) in [7, 11) is -4.18. The van der Waals surface area contributed by atoms with Crippen LogP contribution in [0.2, 0.25) is 10.0 Å². The molecule has 2 aromatic heterocycles. The van der Waals surface area contributed by atoms with Crippen molar-refractivity contribution in [2.45, 2.75) is 23.6 Å². The molecule has 36 heavy (non-hydrogen) atoms. The summed E-state index contributed by atoms with van der Waals surface area (Å²) in [5.41, 5.74) is 0.670. The van der Waals surface area contributed by atoms with Gasteiger partial charge in [-0.15, -0.1) is 0 Å². The highest BCUT2D eigenvalue weighted by Gasteiger charge is 2.30. The number of aryl methyl sites for hydroxylation is 1. The van der Waals surface area contributed by atoms with Crippen LogP contribution in [0.25, 0.3) is 22.6 Å². The molecule has 0 aliphatic rings. The average Bonchev–Trinajstić information content (AvgIpc) is 3.45. The third-order valence-electron chi connectivity index (χ3n) is 5.36. The lowest BCUT2D eigenvalue weighted by atomic mass is 10.1. The smallest absolute Gasteiger partial charge is 0.355 e. The SMILES string of the molecule is CCOC(=O)c1[nH]c2cc(Cl)c(S(=O)(=O)c3ccc(C)cc3)c(Cl)c2c1/C=C(/C(=O)O)c1ccco1. The van der Waals surface area contributed by atoms with Gasteiger partial charge in [0.25, 0.3) is 0 Å². The van der Waals surface area contributed by atoms with Gasteiger partial charge < -0.3 is 19.2 Å². The molecule has 0 aliphatic carbocycles. The van der Waals surface area contributed by atoms with E-state index in [2.05, 4.69) is 4.98 Å². The van der Waals surface area contributed by atoms with E-state index in [1.807, 2.05) is 6.92 Å². The second-order valence-electron chi connectivity index (χ2n) is 7.72. The molecule has 0 amide bonds. The first kappa shape index (κ1) is 25.6. The highest BCUT2D eigenvalue weighted by molar-refractivity contribution is 7.91. The van der Waals surface area contributed by atoms with Gasteiger partial charge >= 0.3 is 11.9 Å². The number of aromatic amines is 1. The number of carboxylic acid groups (broad SMARTS) is 1. The Bertz CT molecular complexity index is 1620. The van der Waals surface area contributed by atoms with E-state index in [9.17, 15) is 23.1 Å². The van der Waals surface area contributed by atoms with Gasteiger partial charge in [-0.1, -0.05) is 40.9 Å². The standard InChI is InChI=1S/C25H19Cl2NO7S/c1-3-34-25(31)22-16(11-15(24(29)30)19-5-4-10-35-19)20-18(28-22)12-17(26)23(21(20)27)36(32,33)14-8-6-13(2)7-9-14/h4-12,28H,3H2,1-2H3,(H,29,30)/b15-11+. The number of halogens is 2. The molecule has 2 aromatic carbocycles. The lowest BCUT2D eigenvalue weighted by Gasteiger charge is -2.11. The lowest BCUT2D eigenvalue weighted by Crippen LogP contribution is -2.07. The number of carbonyl (C=O) groups excluding carboxylic acids is 1. The van der Waals surface area contributed by atoms with Crippen molar-refractivity contribution >= 4 is 67.5 Å². The first-order chi connectivity index (χ1) is 17.1. The molecular weight excluding hydrogens is 529 g/mol. The third-order valence-corrected chi connectivity index (χ3v) is 8.11. The topological polar surface area (TPSA) is 127 Å². The highest BCUT2D eigenvalue weighted by atomic mass is 35.5. The van der Waals surface area contributed by atoms with Crippen LogP contribution in [0.1, 0.15) is 34.3 Å². The number of hydrogen-bond donors (Lipinski definition) is 2. The van der Waals surface area contributed by atoms with Crippen LogP contribution < -0.4 is 0 Å². The third kappa shape index (κ3) is 4.53. The van der Waals surface area contributed by atoms with E-state index in [-0.39, 0.29) is 59.9 Å². The van der Waals surface area contributed by atoms with Gasteiger partial charge in [0.15, 0.2) is 0 Å². The van der Waals surface area contributed by atoms with Gasteiger partial charge in [0.2, 0.25) is 9.84 Å². The number of H-pyrrole nitrogens is 1. The summed E-state index contributed by atoms with van der Waals surface area (Å²) in [4.78, 5) is 27.2. The Morgan fingerprint density at radius 1 is 1.17 bits per heavy atom. The van der Waals surface area contributed by atoms with Crippen LogP contribution in [0, 0.1) is 6.92 Å². The first-order valence-corrected chi connectivity index (χ1v) is 12.8. The zero-order valence-corrected chi connectivity index (χ0v) is 21.3. The number of carboxylic acids is 1. The number of rotatable bonds is 7. The molecular formula is C25H19Cl2NO7S. The largest absolute Gasteiger partial charge is 0.478 e. The summed E-state index contributed by atoms with van der Waals surface area (Å²) in [6.45, 7) is 3.47. The van der Waals surface area contributed by atoms with Crippen molar-refractivity contribution < 1.29 is 32.3 Å². The maximum Gasteiger partial charge on any atom is 0.355 e. The fourth-order valence-electron chi connectivity index (χ4n) is 3.69. The van der Waals surface area contributed by atoms with Crippen molar-refractivity contribution in [2.75, 3.05) is 6.61 Å². The molecule has 186 valence electrons. The molecule has 0 atom stereocenters. The molecule has 2 N–H and O–H groups in total. The number of aliphatic carboxylic acids is 1. The quantitative estimate of drug-likeness (QED) is 0.214. The molecule has 0 unspecified atom stereocenters. The number of fused-ring (bicyclic) bond motifs is 1. The Labute approximate surface area is 216 Å². The number of benzene rings is 2. The molecule has 0 aliphatic heterocycles. The number of ether oxygens (including phenoxy) is 1. The van der Waals surface area contributed by atoms with Crippen molar-refractivity contribution in [1.82, 2.24) is 4.98 Å². The Kier molecular flexibility index (Phi) is 6.99. The summed E-state index contributed by atoms with van der Waals surface area (Å²) in [6, 6.07) is 10.4. The fraction of sp³-hybridized carbons (Fsp3) is 0.120. The highest BCUT2D eigenvalue weighted by Crippen LogP contribution is 2.42. The number of sulfone groups is 1. The summed E-state index contributed by atoms with van der Waals surface area (Å²) >= 11 is 13.1. The van der Waals surface area contributed by atoms with Crippen molar-refractivity contribution in [2.24, 2.45) is 0 Å². The molecule has 0 bridgehead atoms. The van der Waals surface area contributed by atoms with Crippen LogP contribution in [0.3, 0.4) is 0 Å². The van der Waals surface area contributed by atoms with Crippen LogP contribution >= 0.6 is 23.2 Å². The number of carbonyl (C=O) groups is 2. The molecule has 8 nitrogen and oxygen atoms in total.